The van der Waals surface area contributed by atoms with Gasteiger partial charge in [-0.3, -0.25) is 9.48 Å². The molecule has 0 aliphatic heterocycles. The fraction of sp³-hybridized carbons (Fsp3) is 0.100. The number of H-pyrrole nitrogens is 1. The van der Waals surface area contributed by atoms with Gasteiger partial charge < -0.3 is 20.8 Å². The van der Waals surface area contributed by atoms with Crippen molar-refractivity contribution in [1.82, 2.24) is 14.8 Å². The Hall–Kier alpha value is -3.58. The Balaban J connectivity index is 1.58. The molecule has 0 aliphatic rings. The highest BCUT2D eigenvalue weighted by Gasteiger charge is 2.09. The molecule has 0 saturated carbocycles. The van der Waals surface area contributed by atoms with Crippen LogP contribution >= 0.6 is 0 Å². The van der Waals surface area contributed by atoms with Crippen LogP contribution in [-0.2, 0) is 11.8 Å². The molecular formula is C20H19N5O2. The van der Waals surface area contributed by atoms with Crippen molar-refractivity contribution < 1.29 is 9.53 Å². The van der Waals surface area contributed by atoms with Gasteiger partial charge in [-0.15, -0.1) is 0 Å². The van der Waals surface area contributed by atoms with Crippen LogP contribution in [0.3, 0.4) is 0 Å². The maximum Gasteiger partial charge on any atom is 0.238 e. The van der Waals surface area contributed by atoms with Crippen molar-refractivity contribution in [3.8, 4) is 22.6 Å². The topological polar surface area (TPSA) is 98.0 Å². The van der Waals surface area contributed by atoms with E-state index in [4.69, 9.17) is 10.5 Å². The second-order valence-corrected chi connectivity index (χ2v) is 6.19. The van der Waals surface area contributed by atoms with Crippen molar-refractivity contribution in [3.63, 3.8) is 0 Å². The maximum atomic E-state index is 11.3. The van der Waals surface area contributed by atoms with Gasteiger partial charge in [-0.1, -0.05) is 0 Å². The van der Waals surface area contributed by atoms with E-state index in [9.17, 15) is 4.79 Å². The minimum atomic E-state index is -0.232. The Morgan fingerprint density at radius 3 is 2.70 bits per heavy atom. The van der Waals surface area contributed by atoms with E-state index in [2.05, 4.69) is 15.4 Å². The average molecular weight is 361 g/mol. The highest BCUT2D eigenvalue weighted by Crippen LogP contribution is 2.32. The summed E-state index contributed by atoms with van der Waals surface area (Å²) in [5, 5.41) is 8.00. The van der Waals surface area contributed by atoms with E-state index in [1.807, 2.05) is 43.8 Å². The average Bonchev–Trinajstić information content (AvgIpc) is 3.28. The Morgan fingerprint density at radius 1 is 1.22 bits per heavy atom. The number of hydrogen-bond donors (Lipinski definition) is 3. The maximum absolute atomic E-state index is 11.3. The number of carbonyl (C=O) groups excluding carboxylic acids is 1. The number of benzene rings is 2. The van der Waals surface area contributed by atoms with Crippen molar-refractivity contribution >= 4 is 22.5 Å². The number of nitrogens with two attached hydrogens (primary N) is 1. The fourth-order valence-electron chi connectivity index (χ4n) is 2.92. The van der Waals surface area contributed by atoms with Gasteiger partial charge in [0.25, 0.3) is 0 Å². The summed E-state index contributed by atoms with van der Waals surface area (Å²) in [6.07, 6.45) is 5.79. The minimum absolute atomic E-state index is 0.0474. The van der Waals surface area contributed by atoms with E-state index in [-0.39, 0.29) is 12.5 Å². The summed E-state index contributed by atoms with van der Waals surface area (Å²) in [5.41, 5.74) is 9.12. The van der Waals surface area contributed by atoms with Gasteiger partial charge in [0, 0.05) is 47.2 Å². The molecule has 0 aliphatic carbocycles. The number of rotatable bonds is 5. The molecule has 7 heteroatoms. The molecule has 136 valence electrons. The predicted octanol–water partition coefficient (Wildman–Crippen LogP) is 3.26. The van der Waals surface area contributed by atoms with Crippen LogP contribution in [0.1, 0.15) is 0 Å². The highest BCUT2D eigenvalue weighted by molar-refractivity contribution is 5.96. The monoisotopic (exact) mass is 361 g/mol. The lowest BCUT2D eigenvalue weighted by Crippen LogP contribution is -2.21. The smallest absolute Gasteiger partial charge is 0.238 e. The molecule has 0 fully saturated rings. The first-order chi connectivity index (χ1) is 13.1. The zero-order chi connectivity index (χ0) is 18.8. The Labute approximate surface area is 155 Å². The highest BCUT2D eigenvalue weighted by atomic mass is 16.5. The molecule has 0 atom stereocenters. The summed E-state index contributed by atoms with van der Waals surface area (Å²) < 4.78 is 7.74. The van der Waals surface area contributed by atoms with Crippen molar-refractivity contribution in [1.29, 1.82) is 0 Å². The first-order valence-corrected chi connectivity index (χ1v) is 8.50. The summed E-state index contributed by atoms with van der Waals surface area (Å²) in [5.74, 6) is 1.18. The van der Waals surface area contributed by atoms with Crippen LogP contribution < -0.4 is 15.8 Å². The van der Waals surface area contributed by atoms with Crippen LogP contribution in [0.15, 0.2) is 61.1 Å². The summed E-state index contributed by atoms with van der Waals surface area (Å²) in [4.78, 5) is 14.6. The molecule has 2 heterocycles. The summed E-state index contributed by atoms with van der Waals surface area (Å²) in [6, 6.07) is 13.1. The number of nitrogens with zero attached hydrogens (tertiary/aromatic N) is 2. The molecule has 2 aromatic heterocycles. The van der Waals surface area contributed by atoms with Gasteiger partial charge in [0.05, 0.1) is 12.7 Å². The zero-order valence-electron chi connectivity index (χ0n) is 14.8. The van der Waals surface area contributed by atoms with Crippen LogP contribution in [0.4, 0.5) is 5.69 Å². The summed E-state index contributed by atoms with van der Waals surface area (Å²) in [6.45, 7) is -0.0474. The molecular weight excluding hydrogens is 342 g/mol. The molecule has 0 spiro atoms. The van der Waals surface area contributed by atoms with Crippen LogP contribution in [0, 0.1) is 0 Å². The lowest BCUT2D eigenvalue weighted by atomic mass is 10.1. The van der Waals surface area contributed by atoms with Crippen LogP contribution in [-0.4, -0.2) is 27.2 Å². The quantitative estimate of drug-likeness (QED) is 0.508. The number of amides is 1. The van der Waals surface area contributed by atoms with Gasteiger partial charge in [-0.05, 0) is 42.5 Å². The second-order valence-electron chi connectivity index (χ2n) is 6.19. The number of aromatic nitrogens is 3. The number of aromatic amines is 1. The van der Waals surface area contributed by atoms with Gasteiger partial charge in [-0.25, -0.2) is 0 Å². The van der Waals surface area contributed by atoms with Gasteiger partial charge in [0.2, 0.25) is 5.91 Å². The van der Waals surface area contributed by atoms with E-state index in [0.717, 1.165) is 27.8 Å². The minimum Gasteiger partial charge on any atom is -0.457 e. The van der Waals surface area contributed by atoms with Crippen LogP contribution in [0.25, 0.3) is 22.0 Å². The lowest BCUT2D eigenvalue weighted by molar-refractivity contribution is -0.114. The molecule has 4 aromatic rings. The SMILES string of the molecule is Cn1cc(-c2c[nH]c3ccc(Oc4ccc(NC(=O)CN)cc4)cc23)cn1. The molecule has 2 aromatic carbocycles. The first-order valence-electron chi connectivity index (χ1n) is 8.50. The van der Waals surface area contributed by atoms with Crippen molar-refractivity contribution in [2.75, 3.05) is 11.9 Å². The van der Waals surface area contributed by atoms with Crippen molar-refractivity contribution in [2.24, 2.45) is 12.8 Å². The molecule has 27 heavy (non-hydrogen) atoms. The van der Waals surface area contributed by atoms with Crippen molar-refractivity contribution in [2.45, 2.75) is 0 Å². The van der Waals surface area contributed by atoms with E-state index in [0.29, 0.717) is 11.4 Å². The van der Waals surface area contributed by atoms with Gasteiger partial charge >= 0.3 is 0 Å². The van der Waals surface area contributed by atoms with E-state index < -0.39 is 0 Å². The van der Waals surface area contributed by atoms with Gasteiger partial charge in [0.1, 0.15) is 11.5 Å². The van der Waals surface area contributed by atoms with Crippen LogP contribution in [0.2, 0.25) is 0 Å². The second kappa shape index (κ2) is 6.97. The van der Waals surface area contributed by atoms with Crippen molar-refractivity contribution in [3.05, 3.63) is 61.1 Å². The van der Waals surface area contributed by atoms with E-state index >= 15 is 0 Å². The van der Waals surface area contributed by atoms with Gasteiger partial charge in [0.15, 0.2) is 0 Å². The third-order valence-corrected chi connectivity index (χ3v) is 4.23. The molecule has 7 nitrogen and oxygen atoms in total. The lowest BCUT2D eigenvalue weighted by Gasteiger charge is -2.08. The first kappa shape index (κ1) is 16.9. The predicted molar refractivity (Wildman–Crippen MR) is 105 cm³/mol. The molecule has 1 amide bonds. The zero-order valence-corrected chi connectivity index (χ0v) is 14.8. The standard InChI is InChI=1S/C20H19N5O2/c1-25-12-13(10-23-25)18-11-22-19-7-6-16(8-17(18)19)27-15-4-2-14(3-5-15)24-20(26)9-21/h2-8,10-12,22H,9,21H2,1H3,(H,24,26). The molecule has 0 unspecified atom stereocenters. The largest absolute Gasteiger partial charge is 0.457 e. The van der Waals surface area contributed by atoms with Gasteiger partial charge in [-0.2, -0.15) is 5.10 Å². The number of aryl methyl sites for hydroxylation is 1. The number of carbonyl (C=O) groups is 1. The van der Waals surface area contributed by atoms with E-state index in [1.54, 1.807) is 28.9 Å². The molecule has 4 rings (SSSR count). The summed E-state index contributed by atoms with van der Waals surface area (Å²) >= 11 is 0. The fourth-order valence-corrected chi connectivity index (χ4v) is 2.92. The number of hydrogen-bond acceptors (Lipinski definition) is 4. The van der Waals surface area contributed by atoms with E-state index in [1.165, 1.54) is 0 Å². The Morgan fingerprint density at radius 2 is 2.00 bits per heavy atom. The third-order valence-electron chi connectivity index (χ3n) is 4.23. The molecule has 0 saturated heterocycles. The normalized spacial score (nSPS) is 10.9. The van der Waals surface area contributed by atoms with Crippen LogP contribution in [0.5, 0.6) is 11.5 Å². The Kier molecular flexibility index (Phi) is 4.35. The molecule has 0 bridgehead atoms. The summed E-state index contributed by atoms with van der Waals surface area (Å²) in [7, 11) is 1.90. The number of ether oxygens (including phenoxy) is 1. The number of nitrogens with one attached hydrogen (secondary N) is 2. The third kappa shape index (κ3) is 3.54. The molecule has 4 N–H and O–H groups in total. The Bertz CT molecular complexity index is 1100. The molecule has 0 radical (unpaired) electrons. The number of anilines is 1. The number of fused-ring (bicyclic) bond motifs is 1.